The Balaban J connectivity index is 0.000000204. The van der Waals surface area contributed by atoms with Crippen molar-refractivity contribution in [3.05, 3.63) is 164 Å². The first-order valence-electron chi connectivity index (χ1n) is 34.2. The molecule has 8 amide bonds. The Labute approximate surface area is 529 Å². The lowest BCUT2D eigenvalue weighted by Gasteiger charge is -2.33. The van der Waals surface area contributed by atoms with E-state index in [9.17, 15) is 38.4 Å². The summed E-state index contributed by atoms with van der Waals surface area (Å²) in [5, 5.41) is 1.87. The number of benzene rings is 6. The first kappa shape index (κ1) is 67.3. The molecule has 0 fully saturated rings. The van der Waals surface area contributed by atoms with E-state index in [1.165, 1.54) is 102 Å². The Bertz CT molecular complexity index is 3300. The summed E-state index contributed by atoms with van der Waals surface area (Å²) in [7, 11) is 0. The van der Waals surface area contributed by atoms with Crippen molar-refractivity contribution in [3.8, 4) is 0 Å². The summed E-state index contributed by atoms with van der Waals surface area (Å²) in [5.74, 6) is -2.63. The first-order chi connectivity index (χ1) is 43.4. The van der Waals surface area contributed by atoms with E-state index >= 15 is 0 Å². The number of amides is 8. The van der Waals surface area contributed by atoms with Gasteiger partial charge in [0, 0.05) is 86.7 Å². The van der Waals surface area contributed by atoms with Gasteiger partial charge in [0.25, 0.3) is 47.3 Å². The highest BCUT2D eigenvalue weighted by molar-refractivity contribution is 6.35. The molecular weight excluding hydrogens is 1110 g/mol. The van der Waals surface area contributed by atoms with Crippen molar-refractivity contribution in [3.63, 3.8) is 0 Å². The van der Waals surface area contributed by atoms with Crippen molar-refractivity contribution in [1.29, 1.82) is 0 Å². The van der Waals surface area contributed by atoms with Gasteiger partial charge in [0.1, 0.15) is 0 Å². The predicted octanol–water partition coefficient (Wildman–Crippen LogP) is 17.9. The van der Waals surface area contributed by atoms with E-state index in [4.69, 9.17) is 0 Å². The molecule has 6 aromatic carbocycles. The van der Waals surface area contributed by atoms with Crippen LogP contribution in [0.25, 0.3) is 21.5 Å². The summed E-state index contributed by atoms with van der Waals surface area (Å²) in [6.45, 7) is 12.4. The van der Waals surface area contributed by atoms with Crippen molar-refractivity contribution >= 4 is 68.8 Å². The summed E-state index contributed by atoms with van der Waals surface area (Å²) in [4.78, 5) is 114. The normalized spacial score (nSPS) is 14.1. The molecule has 89 heavy (non-hydrogen) atoms. The average molecular weight is 1210 g/mol. The predicted molar refractivity (Wildman–Crippen MR) is 357 cm³/mol. The molecule has 0 aliphatic carbocycles. The van der Waals surface area contributed by atoms with Crippen LogP contribution in [0.1, 0.15) is 295 Å². The maximum atomic E-state index is 14.1. The molecule has 0 bridgehead atoms. The van der Waals surface area contributed by atoms with Crippen LogP contribution in [0.2, 0.25) is 0 Å². The molecule has 4 aliphatic heterocycles. The molecule has 0 saturated carbocycles. The molecule has 472 valence electrons. The summed E-state index contributed by atoms with van der Waals surface area (Å²) in [5.41, 5.74) is 6.69. The van der Waals surface area contributed by atoms with Gasteiger partial charge in [0.15, 0.2) is 0 Å². The van der Waals surface area contributed by atoms with Crippen LogP contribution < -0.4 is 0 Å². The van der Waals surface area contributed by atoms with Crippen molar-refractivity contribution in [2.75, 3.05) is 26.2 Å². The maximum absolute atomic E-state index is 14.1. The smallest absolute Gasteiger partial charge is 0.261 e. The topological polar surface area (TPSA) is 150 Å². The van der Waals surface area contributed by atoms with Crippen LogP contribution in [-0.4, -0.2) is 93.0 Å². The van der Waals surface area contributed by atoms with Gasteiger partial charge in [-0.05, 0) is 104 Å². The Morgan fingerprint density at radius 3 is 0.843 bits per heavy atom. The quantitative estimate of drug-likeness (QED) is 0.0292. The van der Waals surface area contributed by atoms with Crippen LogP contribution in [-0.2, 0) is 19.3 Å². The molecule has 0 atom stereocenters. The molecule has 12 nitrogen and oxygen atoms in total. The largest absolute Gasteiger partial charge is 0.274 e. The summed E-state index contributed by atoms with van der Waals surface area (Å²) in [6, 6.07) is 32.5. The Hall–Kier alpha value is -7.60. The molecule has 0 aromatic heterocycles. The number of unbranched alkanes of at least 4 members (excludes halogenated alkanes) is 20. The molecule has 0 unspecified atom stereocenters. The fraction of sp³-hybridized carbons (Fsp3) is 0.481. The van der Waals surface area contributed by atoms with Crippen LogP contribution in [0.5, 0.6) is 0 Å². The van der Waals surface area contributed by atoms with Gasteiger partial charge in [0.05, 0.1) is 5.56 Å². The second-order valence-corrected chi connectivity index (χ2v) is 24.8. The lowest BCUT2D eigenvalue weighted by atomic mass is 9.82. The Morgan fingerprint density at radius 1 is 0.247 bits per heavy atom. The van der Waals surface area contributed by atoms with Gasteiger partial charge in [-0.15, -0.1) is 0 Å². The zero-order valence-corrected chi connectivity index (χ0v) is 54.0. The minimum Gasteiger partial charge on any atom is -0.274 e. The molecule has 6 aromatic rings. The lowest BCUT2D eigenvalue weighted by molar-refractivity contribution is 0.0585. The number of hydrogen-bond donors (Lipinski definition) is 0. The van der Waals surface area contributed by atoms with Crippen LogP contribution in [0.3, 0.4) is 0 Å². The molecule has 0 radical (unpaired) electrons. The van der Waals surface area contributed by atoms with E-state index < -0.39 is 0 Å². The van der Waals surface area contributed by atoms with Crippen LogP contribution in [0.15, 0.2) is 103 Å². The molecule has 4 heterocycles. The van der Waals surface area contributed by atoms with Gasteiger partial charge < -0.3 is 0 Å². The van der Waals surface area contributed by atoms with E-state index in [2.05, 4.69) is 77.1 Å². The maximum Gasteiger partial charge on any atom is 0.261 e. The molecule has 0 saturated heterocycles. The highest BCUT2D eigenvalue weighted by Gasteiger charge is 2.42. The minimum absolute atomic E-state index is 0.308. The Kier molecular flexibility index (Phi) is 25.6. The van der Waals surface area contributed by atoms with Crippen molar-refractivity contribution in [2.24, 2.45) is 0 Å². The average Bonchev–Trinajstić information content (AvgIpc) is 0.809. The van der Waals surface area contributed by atoms with E-state index in [0.717, 1.165) is 101 Å². The SMILES string of the molecule is CCCCCCCCN1C(=O)c2ccc3c4c(c(CCc5ccccc5)cc(c24)C1=O)C(=O)N(CCCCCCCC)C3=O.CCCCCCCCN1C(=O)c2ccc3c4c(ccc(c24)C1=O)C(=O)N(CCCCCCCC)C3=O.CCCc1ccccc1. The molecule has 0 N–H and O–H groups in total. The van der Waals surface area contributed by atoms with E-state index in [-0.39, 0.29) is 47.3 Å². The number of carbonyl (C=O) groups excluding carboxylic acids is 8. The third kappa shape index (κ3) is 16.1. The second kappa shape index (κ2) is 33.8. The van der Waals surface area contributed by atoms with Crippen LogP contribution in [0, 0.1) is 0 Å². The third-order valence-corrected chi connectivity index (χ3v) is 18.2. The zero-order chi connectivity index (χ0) is 63.2. The van der Waals surface area contributed by atoms with Gasteiger partial charge in [-0.2, -0.15) is 0 Å². The lowest BCUT2D eigenvalue weighted by Crippen LogP contribution is -2.44. The zero-order valence-electron chi connectivity index (χ0n) is 54.0. The van der Waals surface area contributed by atoms with Crippen LogP contribution >= 0.6 is 0 Å². The van der Waals surface area contributed by atoms with Crippen molar-refractivity contribution < 1.29 is 38.4 Å². The highest BCUT2D eigenvalue weighted by Crippen LogP contribution is 2.42. The summed E-state index contributed by atoms with van der Waals surface area (Å²) in [6.07, 6.45) is 29.2. The number of carbonyl (C=O) groups is 8. The monoisotopic (exact) mass is 1200 g/mol. The molecule has 12 heteroatoms. The molecule has 0 spiro atoms. The van der Waals surface area contributed by atoms with Gasteiger partial charge in [0.2, 0.25) is 0 Å². The molecule has 4 aliphatic rings. The van der Waals surface area contributed by atoms with Gasteiger partial charge >= 0.3 is 0 Å². The van der Waals surface area contributed by atoms with E-state index in [1.807, 2.05) is 24.3 Å². The number of hydrogen-bond acceptors (Lipinski definition) is 8. The van der Waals surface area contributed by atoms with Gasteiger partial charge in [-0.3, -0.25) is 58.0 Å². The van der Waals surface area contributed by atoms with Crippen molar-refractivity contribution in [1.82, 2.24) is 19.6 Å². The van der Waals surface area contributed by atoms with E-state index in [0.29, 0.717) is 105 Å². The number of aryl methyl sites for hydroxylation is 3. The third-order valence-electron chi connectivity index (χ3n) is 18.2. The highest BCUT2D eigenvalue weighted by atomic mass is 16.2. The molecular formula is C77H96N4O8. The van der Waals surface area contributed by atoms with E-state index in [1.54, 1.807) is 36.4 Å². The number of rotatable bonds is 33. The number of nitrogens with zero attached hydrogens (tertiary/aromatic N) is 4. The van der Waals surface area contributed by atoms with Crippen molar-refractivity contribution in [2.45, 2.75) is 214 Å². The number of imide groups is 4. The van der Waals surface area contributed by atoms with Gasteiger partial charge in [-0.1, -0.05) is 230 Å². The fourth-order valence-electron chi connectivity index (χ4n) is 13.2. The Morgan fingerprint density at radius 2 is 0.517 bits per heavy atom. The van der Waals surface area contributed by atoms with Gasteiger partial charge in [-0.25, -0.2) is 0 Å². The fourth-order valence-corrected chi connectivity index (χ4v) is 13.2. The standard InChI is InChI=1S/C38H46N2O4.C30H38N2O4.C9H12/c1-3-5-7-9-11-16-24-39-35(41)29-22-23-30-34-32(38(44)40(36(30)42)25-17-12-10-8-6-4-2)28(26-31(33(29)34)37(39)43)21-20-27-18-14-13-15-19-27;1-3-5-7-9-11-13-19-31-27(33)21-15-17-23-26-24(18-16-22(25(21)26)28(31)34)30(36)32(29(23)35)20-14-12-10-8-6-4-2;1-2-6-9-7-4-3-5-8-9/h13-15,18-19,22-23,26H,3-12,16-17,20-21,24-25H2,1-2H3;15-18H,3-14,19-20H2,1-2H3;3-5,7-8H,2,6H2,1H3. The molecule has 10 rings (SSSR count). The van der Waals surface area contributed by atoms with Crippen LogP contribution in [0.4, 0.5) is 0 Å². The minimum atomic E-state index is -0.334. The first-order valence-corrected chi connectivity index (χ1v) is 34.2. The second-order valence-electron chi connectivity index (χ2n) is 24.8. The summed E-state index contributed by atoms with van der Waals surface area (Å²) < 4.78 is 0. The summed E-state index contributed by atoms with van der Waals surface area (Å²) >= 11 is 0.